The zero-order valence-electron chi connectivity index (χ0n) is 10.3. The summed E-state index contributed by atoms with van der Waals surface area (Å²) in [6.07, 6.45) is 0.360. The lowest BCUT2D eigenvalue weighted by atomic mass is 9.99. The van der Waals surface area contributed by atoms with Crippen molar-refractivity contribution in [1.29, 1.82) is 0 Å². The summed E-state index contributed by atoms with van der Waals surface area (Å²) < 4.78 is 27.1. The van der Waals surface area contributed by atoms with Crippen LogP contribution in [0.2, 0.25) is 5.02 Å². The maximum absolute atomic E-state index is 13.2. The number of rotatable bonds is 4. The van der Waals surface area contributed by atoms with E-state index in [2.05, 4.69) is 21.4 Å². The Balaban J connectivity index is 2.26. The lowest BCUT2D eigenvalue weighted by Gasteiger charge is -2.17. The molecule has 20 heavy (non-hydrogen) atoms. The molecule has 2 rings (SSSR count). The summed E-state index contributed by atoms with van der Waals surface area (Å²) in [4.78, 5) is 0. The molecule has 0 heterocycles. The van der Waals surface area contributed by atoms with Crippen LogP contribution in [0.4, 0.5) is 8.78 Å². The highest BCUT2D eigenvalue weighted by atomic mass is 79.9. The molecular weight excluding hydrogens is 350 g/mol. The van der Waals surface area contributed by atoms with Crippen LogP contribution in [0.3, 0.4) is 0 Å². The van der Waals surface area contributed by atoms with Crippen molar-refractivity contribution in [1.82, 2.24) is 5.43 Å². The van der Waals surface area contributed by atoms with Gasteiger partial charge in [-0.25, -0.2) is 8.78 Å². The van der Waals surface area contributed by atoms with E-state index in [4.69, 9.17) is 17.4 Å². The first kappa shape index (κ1) is 15.4. The van der Waals surface area contributed by atoms with E-state index in [-0.39, 0.29) is 6.04 Å². The highest BCUT2D eigenvalue weighted by molar-refractivity contribution is 9.10. The standard InChI is InChI=1S/C14H12BrClF2N2/c15-12-6-9(1-2-13(12)16)14(20-19)5-8-3-10(17)7-11(18)4-8/h1-4,6-7,14,20H,5,19H2. The summed E-state index contributed by atoms with van der Waals surface area (Å²) in [7, 11) is 0. The lowest BCUT2D eigenvalue weighted by molar-refractivity contribution is 0.540. The van der Waals surface area contributed by atoms with E-state index in [1.807, 2.05) is 12.1 Å². The van der Waals surface area contributed by atoms with E-state index < -0.39 is 11.6 Å². The van der Waals surface area contributed by atoms with Crippen LogP contribution in [0.25, 0.3) is 0 Å². The Hall–Kier alpha value is -1.01. The van der Waals surface area contributed by atoms with Crippen molar-refractivity contribution in [2.75, 3.05) is 0 Å². The molecule has 2 aromatic rings. The van der Waals surface area contributed by atoms with Crippen LogP contribution in [-0.4, -0.2) is 0 Å². The van der Waals surface area contributed by atoms with Crippen LogP contribution in [-0.2, 0) is 6.42 Å². The molecule has 1 atom stereocenters. The van der Waals surface area contributed by atoms with Crippen LogP contribution in [0.5, 0.6) is 0 Å². The predicted molar refractivity (Wildman–Crippen MR) is 79.3 cm³/mol. The summed E-state index contributed by atoms with van der Waals surface area (Å²) in [6, 6.07) is 8.52. The van der Waals surface area contributed by atoms with E-state index in [1.54, 1.807) is 6.07 Å². The number of halogens is 4. The molecule has 0 bridgehead atoms. The average molecular weight is 362 g/mol. The number of hydrazine groups is 1. The summed E-state index contributed by atoms with van der Waals surface area (Å²) in [5.74, 6) is 4.32. The second-order valence-electron chi connectivity index (χ2n) is 4.37. The van der Waals surface area contributed by atoms with Crippen molar-refractivity contribution < 1.29 is 8.78 Å². The van der Waals surface area contributed by atoms with Gasteiger partial charge in [0.15, 0.2) is 0 Å². The first-order valence-electron chi connectivity index (χ1n) is 5.85. The van der Waals surface area contributed by atoms with Crippen molar-refractivity contribution in [3.63, 3.8) is 0 Å². The summed E-state index contributed by atoms with van der Waals surface area (Å²) in [6.45, 7) is 0. The Labute approximate surface area is 129 Å². The van der Waals surface area contributed by atoms with Crippen molar-refractivity contribution in [2.24, 2.45) is 5.84 Å². The van der Waals surface area contributed by atoms with Crippen molar-refractivity contribution in [2.45, 2.75) is 12.5 Å². The minimum atomic E-state index is -0.604. The van der Waals surface area contributed by atoms with E-state index in [0.29, 0.717) is 17.0 Å². The van der Waals surface area contributed by atoms with Crippen molar-refractivity contribution in [3.8, 4) is 0 Å². The molecule has 0 aliphatic carbocycles. The largest absolute Gasteiger partial charge is 0.271 e. The topological polar surface area (TPSA) is 38.0 Å². The molecule has 2 nitrogen and oxygen atoms in total. The Bertz CT molecular complexity index is 602. The molecule has 1 unspecified atom stereocenters. The Kier molecular flexibility index (Phi) is 5.10. The quantitative estimate of drug-likeness (QED) is 0.635. The second-order valence-corrected chi connectivity index (χ2v) is 5.64. The van der Waals surface area contributed by atoms with Gasteiger partial charge in [-0.15, -0.1) is 0 Å². The van der Waals surface area contributed by atoms with Gasteiger partial charge in [0, 0.05) is 10.5 Å². The Morgan fingerprint density at radius 1 is 1.15 bits per heavy atom. The number of benzene rings is 2. The van der Waals surface area contributed by atoms with Crippen LogP contribution in [0.15, 0.2) is 40.9 Å². The molecule has 0 aromatic heterocycles. The minimum Gasteiger partial charge on any atom is -0.271 e. The predicted octanol–water partition coefficient (Wildman–Crippen LogP) is 4.13. The smallest absolute Gasteiger partial charge is 0.126 e. The van der Waals surface area contributed by atoms with Gasteiger partial charge in [0.25, 0.3) is 0 Å². The fraction of sp³-hybridized carbons (Fsp3) is 0.143. The molecule has 0 aliphatic heterocycles. The first-order chi connectivity index (χ1) is 9.49. The Morgan fingerprint density at radius 2 is 1.80 bits per heavy atom. The van der Waals surface area contributed by atoms with E-state index in [1.165, 1.54) is 12.1 Å². The summed E-state index contributed by atoms with van der Waals surface area (Å²) in [5, 5.41) is 0.585. The second kappa shape index (κ2) is 6.63. The number of hydrogen-bond acceptors (Lipinski definition) is 2. The molecule has 3 N–H and O–H groups in total. The highest BCUT2D eigenvalue weighted by Gasteiger charge is 2.13. The summed E-state index contributed by atoms with van der Waals surface area (Å²) >= 11 is 9.26. The van der Waals surface area contributed by atoms with Gasteiger partial charge >= 0.3 is 0 Å². The molecule has 2 aromatic carbocycles. The fourth-order valence-electron chi connectivity index (χ4n) is 1.97. The van der Waals surface area contributed by atoms with Gasteiger partial charge in [0.05, 0.1) is 11.1 Å². The maximum atomic E-state index is 13.2. The van der Waals surface area contributed by atoms with Crippen molar-refractivity contribution in [3.05, 3.63) is 68.7 Å². The molecule has 0 aliphatic rings. The van der Waals surface area contributed by atoms with E-state index in [9.17, 15) is 8.78 Å². The maximum Gasteiger partial charge on any atom is 0.126 e. The van der Waals surface area contributed by atoms with Crippen LogP contribution < -0.4 is 11.3 Å². The fourth-order valence-corrected chi connectivity index (χ4v) is 2.48. The molecule has 0 amide bonds. The minimum absolute atomic E-state index is 0.273. The van der Waals surface area contributed by atoms with Gasteiger partial charge in [-0.05, 0) is 57.7 Å². The van der Waals surface area contributed by atoms with Gasteiger partial charge in [0.2, 0.25) is 0 Å². The average Bonchev–Trinajstić information content (AvgIpc) is 2.38. The molecular formula is C14H12BrClF2N2. The van der Waals surface area contributed by atoms with Crippen LogP contribution >= 0.6 is 27.5 Å². The normalized spacial score (nSPS) is 12.4. The van der Waals surface area contributed by atoms with Gasteiger partial charge in [0.1, 0.15) is 11.6 Å². The molecule has 0 saturated heterocycles. The molecule has 0 saturated carbocycles. The number of hydrogen-bond donors (Lipinski definition) is 2. The third-order valence-corrected chi connectivity index (χ3v) is 4.12. The van der Waals surface area contributed by atoms with Crippen LogP contribution in [0.1, 0.15) is 17.2 Å². The third kappa shape index (κ3) is 3.76. The molecule has 6 heteroatoms. The number of nitrogens with two attached hydrogens (primary N) is 1. The third-order valence-electron chi connectivity index (χ3n) is 2.91. The monoisotopic (exact) mass is 360 g/mol. The SMILES string of the molecule is NNC(Cc1cc(F)cc(F)c1)c1ccc(Cl)c(Br)c1. The zero-order valence-corrected chi connectivity index (χ0v) is 12.7. The highest BCUT2D eigenvalue weighted by Crippen LogP contribution is 2.27. The van der Waals surface area contributed by atoms with Crippen molar-refractivity contribution >= 4 is 27.5 Å². The van der Waals surface area contributed by atoms with Gasteiger partial charge < -0.3 is 0 Å². The molecule has 0 fully saturated rings. The van der Waals surface area contributed by atoms with Gasteiger partial charge in [-0.3, -0.25) is 11.3 Å². The molecule has 106 valence electrons. The van der Waals surface area contributed by atoms with Gasteiger partial charge in [-0.1, -0.05) is 17.7 Å². The summed E-state index contributed by atoms with van der Waals surface area (Å²) in [5.41, 5.74) is 4.04. The van der Waals surface area contributed by atoms with E-state index >= 15 is 0 Å². The van der Waals surface area contributed by atoms with Crippen LogP contribution in [0, 0.1) is 11.6 Å². The molecule has 0 radical (unpaired) electrons. The zero-order chi connectivity index (χ0) is 14.7. The molecule has 0 spiro atoms. The Morgan fingerprint density at radius 3 is 2.35 bits per heavy atom. The lowest BCUT2D eigenvalue weighted by Crippen LogP contribution is -2.29. The van der Waals surface area contributed by atoms with E-state index in [0.717, 1.165) is 16.1 Å². The number of nitrogens with one attached hydrogen (secondary N) is 1. The first-order valence-corrected chi connectivity index (χ1v) is 7.02. The van der Waals surface area contributed by atoms with Gasteiger partial charge in [-0.2, -0.15) is 0 Å².